The van der Waals surface area contributed by atoms with Gasteiger partial charge in [-0.25, -0.2) is 0 Å². The molecule has 2 atom stereocenters. The lowest BCUT2D eigenvalue weighted by atomic mass is 9.71. The lowest BCUT2D eigenvalue weighted by Gasteiger charge is -2.31. The second kappa shape index (κ2) is 3.63. The normalized spacial score (nSPS) is 32.1. The number of hydrogen-bond acceptors (Lipinski definition) is 4. The van der Waals surface area contributed by atoms with Crippen LogP contribution in [0.5, 0.6) is 5.75 Å². The number of rotatable bonds is 0. The molecule has 4 heteroatoms. The zero-order chi connectivity index (χ0) is 13.9. The van der Waals surface area contributed by atoms with Gasteiger partial charge in [0.15, 0.2) is 0 Å². The number of benzene rings is 1. The van der Waals surface area contributed by atoms with Crippen LogP contribution in [0.3, 0.4) is 0 Å². The van der Waals surface area contributed by atoms with Gasteiger partial charge in [-0.05, 0) is 54.5 Å². The van der Waals surface area contributed by atoms with Crippen molar-refractivity contribution in [1.82, 2.24) is 0 Å². The monoisotopic (exact) mass is 266 g/mol. The second-order valence-corrected chi connectivity index (χ2v) is 6.09. The minimum absolute atomic E-state index is 0.0139. The van der Waals surface area contributed by atoms with Crippen molar-refractivity contribution in [2.45, 2.75) is 25.7 Å². The van der Waals surface area contributed by atoms with Crippen molar-refractivity contribution < 1.29 is 10.3 Å². The molecule has 1 aromatic carbocycles. The predicted molar refractivity (Wildman–Crippen MR) is 73.3 cm³/mol. The lowest BCUT2D eigenvalue weighted by Crippen LogP contribution is -2.27. The molecule has 3 aliphatic rings. The quantitative estimate of drug-likeness (QED) is 0.560. The molecule has 1 spiro atoms. The first-order chi connectivity index (χ1) is 9.68. The fraction of sp³-hybridized carbons (Fsp3) is 0.375. The number of oxime groups is 1. The highest BCUT2D eigenvalue weighted by Crippen LogP contribution is 2.62. The van der Waals surface area contributed by atoms with E-state index in [1.165, 1.54) is 0 Å². The van der Waals surface area contributed by atoms with Gasteiger partial charge >= 0.3 is 0 Å². The van der Waals surface area contributed by atoms with E-state index in [0.717, 1.165) is 42.4 Å². The highest BCUT2D eigenvalue weighted by molar-refractivity contribution is 6.14. The van der Waals surface area contributed by atoms with Crippen LogP contribution in [0.15, 0.2) is 28.9 Å². The van der Waals surface area contributed by atoms with Crippen LogP contribution in [0.1, 0.15) is 30.4 Å². The van der Waals surface area contributed by atoms with Crippen LogP contribution < -0.4 is 0 Å². The van der Waals surface area contributed by atoms with Crippen LogP contribution >= 0.6 is 0 Å². The van der Waals surface area contributed by atoms with E-state index in [-0.39, 0.29) is 17.1 Å². The highest BCUT2D eigenvalue weighted by Gasteiger charge is 2.53. The Labute approximate surface area is 116 Å². The summed E-state index contributed by atoms with van der Waals surface area (Å²) in [6, 6.07) is 7.60. The van der Waals surface area contributed by atoms with Crippen molar-refractivity contribution in [3.63, 3.8) is 0 Å². The summed E-state index contributed by atoms with van der Waals surface area (Å²) in [6.45, 7) is 0. The number of phenolic OH excluding ortho intramolecular Hbond substituents is 1. The van der Waals surface area contributed by atoms with Gasteiger partial charge in [0.05, 0.1) is 5.57 Å². The summed E-state index contributed by atoms with van der Waals surface area (Å²) in [5.41, 5.74) is 4.30. The van der Waals surface area contributed by atoms with E-state index in [1.807, 2.05) is 6.07 Å². The standard InChI is InChI=1S/C16H14N2O2/c17-8-13-14-12-2-1-11(19)5-10(12)7-16(14)4-3-9(6-16)15(13)18-20/h1-2,5,9,19-20H,3-4,6-7H2/b18-15+/t9-,16+/m1/s1. The second-order valence-electron chi connectivity index (χ2n) is 6.09. The van der Waals surface area contributed by atoms with Crippen molar-refractivity contribution in [3.05, 3.63) is 34.9 Å². The molecule has 0 amide bonds. The van der Waals surface area contributed by atoms with E-state index >= 15 is 0 Å². The molecule has 4 nitrogen and oxygen atoms in total. The molecule has 2 bridgehead atoms. The van der Waals surface area contributed by atoms with E-state index in [0.29, 0.717) is 11.3 Å². The number of nitrogens with zero attached hydrogens (tertiary/aromatic N) is 2. The van der Waals surface area contributed by atoms with Crippen LogP contribution in [0.4, 0.5) is 0 Å². The molecule has 100 valence electrons. The van der Waals surface area contributed by atoms with Gasteiger partial charge in [0.1, 0.15) is 17.5 Å². The molecular formula is C16H14N2O2. The molecule has 0 aromatic heterocycles. The summed E-state index contributed by atoms with van der Waals surface area (Å²) >= 11 is 0. The molecule has 2 N–H and O–H groups in total. The Bertz CT molecular complexity index is 726. The van der Waals surface area contributed by atoms with Gasteiger partial charge in [-0.3, -0.25) is 0 Å². The number of nitriles is 1. The minimum Gasteiger partial charge on any atom is -0.508 e. The molecule has 0 saturated heterocycles. The Kier molecular flexibility index (Phi) is 2.10. The van der Waals surface area contributed by atoms with Crippen LogP contribution in [0.25, 0.3) is 5.57 Å². The molecule has 0 unspecified atom stereocenters. The molecule has 0 heterocycles. The summed E-state index contributed by atoms with van der Waals surface area (Å²) in [7, 11) is 0. The molecule has 1 saturated carbocycles. The molecule has 3 aliphatic carbocycles. The first-order valence-corrected chi connectivity index (χ1v) is 6.88. The smallest absolute Gasteiger partial charge is 0.115 e. The van der Waals surface area contributed by atoms with Crippen molar-refractivity contribution in [1.29, 1.82) is 5.26 Å². The van der Waals surface area contributed by atoms with Crippen LogP contribution in [-0.2, 0) is 6.42 Å². The molecule has 1 aromatic rings. The van der Waals surface area contributed by atoms with Gasteiger partial charge in [-0.2, -0.15) is 5.26 Å². The average molecular weight is 266 g/mol. The molecule has 4 rings (SSSR count). The van der Waals surface area contributed by atoms with Crippen molar-refractivity contribution in [2.75, 3.05) is 0 Å². The lowest BCUT2D eigenvalue weighted by molar-refractivity contribution is 0.313. The number of hydrogen-bond donors (Lipinski definition) is 2. The number of phenols is 1. The maximum absolute atomic E-state index is 9.67. The van der Waals surface area contributed by atoms with Gasteiger partial charge in [0.25, 0.3) is 0 Å². The Morgan fingerprint density at radius 1 is 1.40 bits per heavy atom. The van der Waals surface area contributed by atoms with E-state index < -0.39 is 0 Å². The minimum atomic E-state index is 0.0139. The maximum atomic E-state index is 9.67. The Hall–Kier alpha value is -2.28. The fourth-order valence-electron chi connectivity index (χ4n) is 4.43. The molecule has 0 aliphatic heterocycles. The van der Waals surface area contributed by atoms with Gasteiger partial charge < -0.3 is 10.3 Å². The zero-order valence-corrected chi connectivity index (χ0v) is 10.9. The molecule has 0 radical (unpaired) electrons. The number of fused-ring (bicyclic) bond motifs is 3. The predicted octanol–water partition coefficient (Wildman–Crippen LogP) is 2.86. The third-order valence-electron chi connectivity index (χ3n) is 5.14. The fourth-order valence-corrected chi connectivity index (χ4v) is 4.43. The number of aromatic hydroxyl groups is 1. The van der Waals surface area contributed by atoms with Gasteiger partial charge in [0.2, 0.25) is 0 Å². The van der Waals surface area contributed by atoms with Gasteiger partial charge in [-0.1, -0.05) is 11.2 Å². The highest BCUT2D eigenvalue weighted by atomic mass is 16.4. The first-order valence-electron chi connectivity index (χ1n) is 6.88. The van der Waals surface area contributed by atoms with Gasteiger partial charge in [0, 0.05) is 11.3 Å². The van der Waals surface area contributed by atoms with E-state index in [1.54, 1.807) is 12.1 Å². The van der Waals surface area contributed by atoms with Crippen molar-refractivity contribution in [2.24, 2.45) is 16.5 Å². The van der Waals surface area contributed by atoms with E-state index in [2.05, 4.69) is 11.2 Å². The third-order valence-corrected chi connectivity index (χ3v) is 5.14. The Morgan fingerprint density at radius 2 is 2.25 bits per heavy atom. The summed E-state index contributed by atoms with van der Waals surface area (Å²) in [5, 5.41) is 31.9. The summed E-state index contributed by atoms with van der Waals surface area (Å²) in [5.74, 6) is 0.463. The van der Waals surface area contributed by atoms with Crippen molar-refractivity contribution in [3.8, 4) is 11.8 Å². The molecular weight excluding hydrogens is 252 g/mol. The average Bonchev–Trinajstić information content (AvgIpc) is 2.95. The number of allylic oxidation sites excluding steroid dienone is 2. The Balaban J connectivity index is 2.05. The topological polar surface area (TPSA) is 76.6 Å². The van der Waals surface area contributed by atoms with E-state index in [9.17, 15) is 15.6 Å². The van der Waals surface area contributed by atoms with Crippen LogP contribution in [0.2, 0.25) is 0 Å². The maximum Gasteiger partial charge on any atom is 0.115 e. The molecule has 20 heavy (non-hydrogen) atoms. The largest absolute Gasteiger partial charge is 0.508 e. The molecule has 1 fully saturated rings. The van der Waals surface area contributed by atoms with Gasteiger partial charge in [-0.15, -0.1) is 0 Å². The summed E-state index contributed by atoms with van der Waals surface area (Å²) in [6.07, 6.45) is 3.81. The third kappa shape index (κ3) is 1.23. The van der Waals surface area contributed by atoms with E-state index in [4.69, 9.17) is 0 Å². The summed E-state index contributed by atoms with van der Waals surface area (Å²) in [4.78, 5) is 0. The Morgan fingerprint density at radius 3 is 3.00 bits per heavy atom. The SMILES string of the molecule is N#CC1=C2c3ccc(O)cc3C[C@@]23CC[C@H](C3)/C1=N\O. The van der Waals surface area contributed by atoms with Crippen molar-refractivity contribution >= 4 is 11.3 Å². The summed E-state index contributed by atoms with van der Waals surface area (Å²) < 4.78 is 0. The van der Waals surface area contributed by atoms with Crippen LogP contribution in [-0.4, -0.2) is 16.0 Å². The first kappa shape index (κ1) is 11.5. The zero-order valence-electron chi connectivity index (χ0n) is 10.9. The van der Waals surface area contributed by atoms with Crippen LogP contribution in [0, 0.1) is 22.7 Å².